The molecule has 0 bridgehead atoms. The number of benzene rings is 3. The summed E-state index contributed by atoms with van der Waals surface area (Å²) in [6.07, 6.45) is 4.83. The first-order valence-electron chi connectivity index (χ1n) is 15.2. The van der Waals surface area contributed by atoms with E-state index >= 15 is 0 Å². The van der Waals surface area contributed by atoms with Gasteiger partial charge in [0.05, 0.1) is 0 Å². The van der Waals surface area contributed by atoms with Crippen molar-refractivity contribution in [2.75, 3.05) is 4.90 Å². The van der Waals surface area contributed by atoms with Crippen LogP contribution in [0.2, 0.25) is 5.02 Å². The van der Waals surface area contributed by atoms with Gasteiger partial charge in [0, 0.05) is 22.1 Å². The number of hydrogen-bond acceptors (Lipinski definition) is 1. The van der Waals surface area contributed by atoms with Crippen molar-refractivity contribution < 1.29 is 0 Å². The fourth-order valence-electron chi connectivity index (χ4n) is 7.01. The van der Waals surface area contributed by atoms with Crippen LogP contribution in [0.1, 0.15) is 130 Å². The van der Waals surface area contributed by atoms with Gasteiger partial charge in [-0.15, -0.1) is 0 Å². The Morgan fingerprint density at radius 1 is 0.525 bits per heavy atom. The Morgan fingerprint density at radius 3 is 1.32 bits per heavy atom. The molecule has 0 radical (unpaired) electrons. The highest BCUT2D eigenvalue weighted by atomic mass is 35.5. The van der Waals surface area contributed by atoms with Gasteiger partial charge < -0.3 is 4.90 Å². The van der Waals surface area contributed by atoms with Crippen molar-refractivity contribution in [1.82, 2.24) is 0 Å². The van der Waals surface area contributed by atoms with Gasteiger partial charge in [0.25, 0.3) is 0 Å². The smallest absolute Gasteiger partial charge is 0.0479 e. The molecule has 214 valence electrons. The van der Waals surface area contributed by atoms with Crippen molar-refractivity contribution in [3.05, 3.63) is 87.4 Å². The van der Waals surface area contributed by atoms with Crippen LogP contribution in [-0.4, -0.2) is 0 Å². The predicted octanol–water partition coefficient (Wildman–Crippen LogP) is 11.8. The maximum Gasteiger partial charge on any atom is 0.0479 e. The van der Waals surface area contributed by atoms with Gasteiger partial charge in [-0.1, -0.05) is 99.9 Å². The second-order valence-electron chi connectivity index (χ2n) is 16.3. The third kappa shape index (κ3) is 5.13. The molecule has 0 aliphatic heterocycles. The van der Waals surface area contributed by atoms with Crippen molar-refractivity contribution in [3.63, 3.8) is 0 Å². The zero-order valence-corrected chi connectivity index (χ0v) is 27.6. The molecule has 2 aliphatic rings. The second-order valence-corrected chi connectivity index (χ2v) is 16.7. The van der Waals surface area contributed by atoms with Crippen molar-refractivity contribution in [3.8, 4) is 0 Å². The number of nitrogens with zero attached hydrogens (tertiary/aromatic N) is 1. The third-order valence-corrected chi connectivity index (χ3v) is 10.4. The molecule has 0 unspecified atom stereocenters. The van der Waals surface area contributed by atoms with Crippen LogP contribution in [0, 0.1) is 0 Å². The van der Waals surface area contributed by atoms with Gasteiger partial charge in [0.15, 0.2) is 0 Å². The number of halogens is 1. The molecular weight excluding hydrogens is 506 g/mol. The Bertz CT molecular complexity index is 1370. The molecule has 0 fully saturated rings. The molecule has 40 heavy (non-hydrogen) atoms. The van der Waals surface area contributed by atoms with Crippen LogP contribution in [0.4, 0.5) is 17.1 Å². The molecule has 5 rings (SSSR count). The first-order chi connectivity index (χ1) is 18.3. The normalized spacial score (nSPS) is 20.4. The average molecular weight is 556 g/mol. The number of anilines is 3. The van der Waals surface area contributed by atoms with Crippen LogP contribution in [0.5, 0.6) is 0 Å². The van der Waals surface area contributed by atoms with Crippen LogP contribution in [0.25, 0.3) is 0 Å². The Morgan fingerprint density at radius 2 is 0.925 bits per heavy atom. The first kappa shape index (κ1) is 29.2. The average Bonchev–Trinajstić information content (AvgIpc) is 2.84. The molecule has 2 aliphatic carbocycles. The van der Waals surface area contributed by atoms with E-state index in [1.807, 2.05) is 0 Å². The topological polar surface area (TPSA) is 3.24 Å². The number of hydrogen-bond donors (Lipinski definition) is 0. The van der Waals surface area contributed by atoms with E-state index in [9.17, 15) is 0 Å². The molecule has 0 aromatic heterocycles. The van der Waals surface area contributed by atoms with Gasteiger partial charge >= 0.3 is 0 Å². The van der Waals surface area contributed by atoms with Gasteiger partial charge in [-0.2, -0.15) is 0 Å². The lowest BCUT2D eigenvalue weighted by Gasteiger charge is -2.43. The van der Waals surface area contributed by atoms with Crippen molar-refractivity contribution in [2.45, 2.75) is 129 Å². The molecule has 0 atom stereocenters. The number of rotatable bonds is 3. The molecule has 0 heterocycles. The summed E-state index contributed by atoms with van der Waals surface area (Å²) in [6, 6.07) is 21.0. The lowest BCUT2D eigenvalue weighted by Crippen LogP contribution is -2.34. The van der Waals surface area contributed by atoms with E-state index in [4.69, 9.17) is 11.6 Å². The maximum atomic E-state index is 6.84. The fraction of sp³-hybridized carbons (Fsp3) is 0.526. The second kappa shape index (κ2) is 9.38. The Balaban J connectivity index is 1.78. The SMILES string of the molecule is CC(C)(C)c1cc(Cl)cc(N(c2ccc3c(c2)C(C)(C)CCC3(C)C)c2ccc3c(c2)C(C)(C)CCC3(C)C)c1. The summed E-state index contributed by atoms with van der Waals surface area (Å²) in [5.74, 6) is 0. The standard InChI is InChI=1S/C38H50ClN/c1-34(2,3)25-20-26(39)22-29(21-25)40(27-12-14-30-32(23-27)37(8,9)18-16-35(30,4)5)28-13-15-31-33(24-28)38(10,11)19-17-36(31,6)7/h12-15,20-24H,16-19H2,1-11H3. The largest absolute Gasteiger partial charge is 0.310 e. The highest BCUT2D eigenvalue weighted by Gasteiger charge is 2.39. The van der Waals surface area contributed by atoms with Crippen LogP contribution in [-0.2, 0) is 27.1 Å². The molecule has 0 saturated carbocycles. The molecule has 3 aromatic carbocycles. The van der Waals surface area contributed by atoms with Crippen molar-refractivity contribution in [1.29, 1.82) is 0 Å². The zero-order chi connectivity index (χ0) is 29.5. The van der Waals surface area contributed by atoms with Gasteiger partial charge in [0.1, 0.15) is 0 Å². The molecule has 2 heteroatoms. The van der Waals surface area contributed by atoms with E-state index in [1.54, 1.807) is 0 Å². The first-order valence-corrected chi connectivity index (χ1v) is 15.6. The highest BCUT2D eigenvalue weighted by Crippen LogP contribution is 2.51. The summed E-state index contributed by atoms with van der Waals surface area (Å²) in [6.45, 7) is 26.0. The Labute approximate surface area is 249 Å². The minimum atomic E-state index is -0.00491. The molecule has 3 aromatic rings. The summed E-state index contributed by atoms with van der Waals surface area (Å²) in [7, 11) is 0. The monoisotopic (exact) mass is 555 g/mol. The Hall–Kier alpha value is -2.25. The van der Waals surface area contributed by atoms with Crippen molar-refractivity contribution >= 4 is 28.7 Å². The van der Waals surface area contributed by atoms with Gasteiger partial charge in [-0.3, -0.25) is 0 Å². The van der Waals surface area contributed by atoms with Gasteiger partial charge in [0.2, 0.25) is 0 Å². The van der Waals surface area contributed by atoms with Crippen LogP contribution in [0.15, 0.2) is 54.6 Å². The summed E-state index contributed by atoms with van der Waals surface area (Å²) < 4.78 is 0. The van der Waals surface area contributed by atoms with E-state index in [1.165, 1.54) is 64.9 Å². The lowest BCUT2D eigenvalue weighted by atomic mass is 9.63. The molecule has 0 N–H and O–H groups in total. The summed E-state index contributed by atoms with van der Waals surface area (Å²) in [4.78, 5) is 2.46. The fourth-order valence-corrected chi connectivity index (χ4v) is 7.24. The van der Waals surface area contributed by atoms with Gasteiger partial charge in [-0.25, -0.2) is 0 Å². The maximum absolute atomic E-state index is 6.84. The van der Waals surface area contributed by atoms with Gasteiger partial charge in [-0.05, 0) is 123 Å². The lowest BCUT2D eigenvalue weighted by molar-refractivity contribution is 0.332. The molecule has 1 nitrogen and oxygen atoms in total. The quantitative estimate of drug-likeness (QED) is 0.310. The summed E-state index contributed by atoms with van der Waals surface area (Å²) >= 11 is 6.84. The Kier molecular flexibility index (Phi) is 6.86. The van der Waals surface area contributed by atoms with Crippen LogP contribution >= 0.6 is 11.6 Å². The molecule has 0 spiro atoms. The third-order valence-electron chi connectivity index (χ3n) is 10.2. The van der Waals surface area contributed by atoms with Crippen LogP contribution in [0.3, 0.4) is 0 Å². The zero-order valence-electron chi connectivity index (χ0n) is 26.8. The minimum Gasteiger partial charge on any atom is -0.310 e. The highest BCUT2D eigenvalue weighted by molar-refractivity contribution is 6.31. The van der Waals surface area contributed by atoms with Crippen molar-refractivity contribution in [2.24, 2.45) is 0 Å². The van der Waals surface area contributed by atoms with E-state index in [0.717, 1.165) is 10.7 Å². The van der Waals surface area contributed by atoms with E-state index in [2.05, 4.69) is 136 Å². The van der Waals surface area contributed by atoms with E-state index in [-0.39, 0.29) is 27.1 Å². The summed E-state index contributed by atoms with van der Waals surface area (Å²) in [5, 5.41) is 0.784. The minimum absolute atomic E-state index is 0.00491. The number of fused-ring (bicyclic) bond motifs is 2. The molecular formula is C38H50ClN. The molecule has 0 amide bonds. The van der Waals surface area contributed by atoms with E-state index in [0.29, 0.717) is 0 Å². The summed E-state index contributed by atoms with van der Waals surface area (Å²) in [5.41, 5.74) is 11.4. The molecule has 0 saturated heterocycles. The van der Waals surface area contributed by atoms with E-state index < -0.39 is 0 Å². The predicted molar refractivity (Wildman–Crippen MR) is 175 cm³/mol. The van der Waals surface area contributed by atoms with Crippen LogP contribution < -0.4 is 4.90 Å².